The third-order valence-corrected chi connectivity index (χ3v) is 15.3. The van der Waals surface area contributed by atoms with Crippen LogP contribution in [0.25, 0.3) is 16.7 Å². The lowest BCUT2D eigenvalue weighted by atomic mass is 9.85. The maximum atomic E-state index is 14.3. The summed E-state index contributed by atoms with van der Waals surface area (Å²) in [6, 6.07) is 7.28. The average molecular weight is 910 g/mol. The van der Waals surface area contributed by atoms with Crippen LogP contribution in [-0.4, -0.2) is 139 Å². The lowest BCUT2D eigenvalue weighted by Gasteiger charge is -2.40. The minimum atomic E-state index is -2.85. The van der Waals surface area contributed by atoms with Gasteiger partial charge in [-0.25, -0.2) is 23.1 Å². The second-order valence-corrected chi connectivity index (χ2v) is 19.3. The molecule has 0 spiro atoms. The van der Waals surface area contributed by atoms with E-state index in [9.17, 15) is 28.0 Å². The van der Waals surface area contributed by atoms with Gasteiger partial charge in [0.25, 0.3) is 12.3 Å². The summed E-state index contributed by atoms with van der Waals surface area (Å²) in [5.41, 5.74) is 2.41. The number of aromatic nitrogens is 7. The first-order chi connectivity index (χ1) is 32.0. The molecule has 9 heterocycles. The number of imidazole rings is 1. The molecule has 5 saturated heterocycles. The number of likely N-dealkylation sites (tertiary alicyclic amines) is 1. The Labute approximate surface area is 379 Å². The van der Waals surface area contributed by atoms with Gasteiger partial charge in [0.05, 0.1) is 53.4 Å². The van der Waals surface area contributed by atoms with Crippen LogP contribution in [0.15, 0.2) is 47.7 Å². The van der Waals surface area contributed by atoms with Gasteiger partial charge in [0.15, 0.2) is 11.3 Å². The van der Waals surface area contributed by atoms with Crippen LogP contribution in [0.3, 0.4) is 0 Å². The molecule has 18 nitrogen and oxygen atoms in total. The van der Waals surface area contributed by atoms with Crippen molar-refractivity contribution >= 4 is 51.6 Å². The lowest BCUT2D eigenvalue weighted by molar-refractivity contribution is -0.135. The number of nitrogens with zero attached hydrogens (tertiary/aromatic N) is 11. The van der Waals surface area contributed by atoms with Crippen molar-refractivity contribution in [2.75, 3.05) is 80.6 Å². The van der Waals surface area contributed by atoms with E-state index in [1.165, 1.54) is 10.7 Å². The number of anilines is 3. The van der Waals surface area contributed by atoms with Gasteiger partial charge in [0.2, 0.25) is 11.8 Å². The lowest BCUT2D eigenvalue weighted by Crippen LogP contribution is -2.49. The summed E-state index contributed by atoms with van der Waals surface area (Å²) >= 11 is 0. The molecular formula is C46H57F2N13O5. The molecule has 1 unspecified atom stereocenters. The van der Waals surface area contributed by atoms with Gasteiger partial charge in [-0.15, -0.1) is 0 Å². The Morgan fingerprint density at radius 3 is 2.39 bits per heavy atom. The highest BCUT2D eigenvalue weighted by molar-refractivity contribution is 6.08. The van der Waals surface area contributed by atoms with E-state index in [4.69, 9.17) is 9.72 Å². The summed E-state index contributed by atoms with van der Waals surface area (Å²) in [6.07, 6.45) is 9.53. The van der Waals surface area contributed by atoms with Crippen molar-refractivity contribution in [2.24, 2.45) is 18.9 Å². The number of aryl methyl sites for hydroxylation is 1. The molecule has 350 valence electrons. The number of carbonyl (C=O) groups excluding carboxylic acids is 3. The van der Waals surface area contributed by atoms with E-state index in [-0.39, 0.29) is 47.5 Å². The van der Waals surface area contributed by atoms with E-state index in [2.05, 4.69) is 46.5 Å². The summed E-state index contributed by atoms with van der Waals surface area (Å²) in [4.78, 5) is 66.0. The van der Waals surface area contributed by atoms with E-state index in [0.717, 1.165) is 121 Å². The van der Waals surface area contributed by atoms with Crippen molar-refractivity contribution in [3.63, 3.8) is 0 Å². The predicted molar refractivity (Wildman–Crippen MR) is 241 cm³/mol. The monoisotopic (exact) mass is 909 g/mol. The molecule has 11 rings (SSSR count). The second kappa shape index (κ2) is 17.5. The zero-order valence-corrected chi connectivity index (χ0v) is 37.2. The smallest absolute Gasteiger partial charge is 0.329 e. The molecule has 1 saturated carbocycles. The summed E-state index contributed by atoms with van der Waals surface area (Å²) in [5, 5.41) is 13.7. The van der Waals surface area contributed by atoms with Gasteiger partial charge in [-0.3, -0.25) is 38.4 Å². The van der Waals surface area contributed by atoms with Gasteiger partial charge >= 0.3 is 5.69 Å². The Balaban J connectivity index is 0.646. The van der Waals surface area contributed by atoms with Gasteiger partial charge < -0.3 is 24.8 Å². The van der Waals surface area contributed by atoms with Crippen molar-refractivity contribution in [2.45, 2.75) is 88.4 Å². The molecule has 6 aliphatic rings. The van der Waals surface area contributed by atoms with Gasteiger partial charge in [-0.05, 0) is 94.5 Å². The van der Waals surface area contributed by atoms with Crippen molar-refractivity contribution in [3.8, 4) is 0 Å². The molecule has 0 radical (unpaired) electrons. The highest BCUT2D eigenvalue weighted by atomic mass is 19.3. The number of nitrogens with one attached hydrogen (secondary N) is 2. The highest BCUT2D eigenvalue weighted by Crippen LogP contribution is 2.37. The maximum absolute atomic E-state index is 14.3. The van der Waals surface area contributed by atoms with Crippen LogP contribution in [0, 0.1) is 11.8 Å². The first kappa shape index (κ1) is 42.9. The SMILES string of the molecule is Cn1c(=O)n(C2CCC(=O)NC2=O)c2cccc(N3CCN(CC4CCN(C[C@H]5CC[C@H](n6cc(NC(=O)c7cnn8ccc(N9C[C@H]%10C[C@@H]9CO%10)nc78)c(C(F)F)n6)CC5)CC4)CC3)c21. The van der Waals surface area contributed by atoms with Crippen molar-refractivity contribution in [1.29, 1.82) is 0 Å². The summed E-state index contributed by atoms with van der Waals surface area (Å²) < 4.78 is 40.8. The van der Waals surface area contributed by atoms with Crippen molar-refractivity contribution in [3.05, 3.63) is 64.6 Å². The third-order valence-electron chi connectivity index (χ3n) is 15.3. The van der Waals surface area contributed by atoms with Crippen LogP contribution in [-0.2, 0) is 21.4 Å². The number of piperazine rings is 1. The molecular weight excluding hydrogens is 853 g/mol. The molecule has 1 aliphatic carbocycles. The number of amides is 3. The number of imide groups is 1. The fraction of sp³-hybridized carbons (Fsp3) is 0.587. The van der Waals surface area contributed by atoms with Crippen LogP contribution < -0.4 is 26.1 Å². The molecule has 4 aromatic heterocycles. The molecule has 3 atom stereocenters. The van der Waals surface area contributed by atoms with Gasteiger partial charge in [-0.2, -0.15) is 10.2 Å². The van der Waals surface area contributed by atoms with Crippen LogP contribution in [0.5, 0.6) is 0 Å². The zero-order valence-electron chi connectivity index (χ0n) is 37.2. The third kappa shape index (κ3) is 8.03. The number of carbonyl (C=O) groups is 3. The average Bonchev–Trinajstić information content (AvgIpc) is 4.18. The highest BCUT2D eigenvalue weighted by Gasteiger charge is 2.40. The Hall–Kier alpha value is -5.73. The maximum Gasteiger partial charge on any atom is 0.329 e. The van der Waals surface area contributed by atoms with Gasteiger partial charge in [0.1, 0.15) is 17.4 Å². The number of rotatable bonds is 11. The molecule has 6 fully saturated rings. The molecule has 3 amide bonds. The molecule has 1 aromatic carbocycles. The molecule has 5 aliphatic heterocycles. The van der Waals surface area contributed by atoms with Crippen LogP contribution in [0.1, 0.15) is 92.3 Å². The number of piperidine rings is 2. The Morgan fingerprint density at radius 1 is 0.924 bits per heavy atom. The number of fused-ring (bicyclic) bond motifs is 4. The number of ether oxygens (including phenoxy) is 1. The fourth-order valence-corrected chi connectivity index (χ4v) is 11.6. The number of morpholine rings is 1. The largest absolute Gasteiger partial charge is 0.374 e. The van der Waals surface area contributed by atoms with Crippen LogP contribution in [0.2, 0.25) is 0 Å². The van der Waals surface area contributed by atoms with Crippen LogP contribution in [0.4, 0.5) is 26.0 Å². The van der Waals surface area contributed by atoms with E-state index < -0.39 is 30.0 Å². The predicted octanol–water partition coefficient (Wildman–Crippen LogP) is 3.99. The standard InChI is InChI=1S/C46H57F2N13O5/c1-54-41-35(3-2-4-36(41)61(46(54)65)37-9-10-39(62)52-45(37)64)57-19-17-56(18-20-57)24-29-11-14-55(15-12-29)23-28-5-7-30(8-6-28)60-26-34(40(53-60)42(47)48)50-44(63)33-22-49-59-16-13-38(51-43(33)59)58-25-32-21-31(58)27-66-32/h2-4,13,16,22,26,28-32,37,42H,5-12,14-15,17-21,23-25,27H2,1H3,(H,50,63)(H,52,62,64)/t28-,30-,31-,32-,37?/m1/s1. The summed E-state index contributed by atoms with van der Waals surface area (Å²) in [5.74, 6) is 0.625. The minimum absolute atomic E-state index is 0.0105. The van der Waals surface area contributed by atoms with E-state index in [1.54, 1.807) is 33.3 Å². The molecule has 5 aromatic rings. The first-order valence-electron chi connectivity index (χ1n) is 23.7. The number of alkyl halides is 2. The van der Waals surface area contributed by atoms with Crippen molar-refractivity contribution in [1.82, 2.24) is 48.6 Å². The quantitative estimate of drug-likeness (QED) is 0.183. The van der Waals surface area contributed by atoms with E-state index in [0.29, 0.717) is 36.0 Å². The van der Waals surface area contributed by atoms with E-state index in [1.807, 2.05) is 18.2 Å². The summed E-state index contributed by atoms with van der Waals surface area (Å²) in [6.45, 7) is 9.20. The number of benzene rings is 1. The molecule has 2 N–H and O–H groups in total. The van der Waals surface area contributed by atoms with Crippen LogP contribution >= 0.6 is 0 Å². The first-order valence-corrected chi connectivity index (χ1v) is 23.7. The normalized spacial score (nSPS) is 25.8. The Bertz CT molecular complexity index is 2710. The molecule has 2 bridgehead atoms. The minimum Gasteiger partial charge on any atom is -0.374 e. The number of para-hydroxylation sites is 1. The van der Waals surface area contributed by atoms with Gasteiger partial charge in [0, 0.05) is 71.7 Å². The number of halogens is 2. The second-order valence-electron chi connectivity index (χ2n) is 19.3. The summed E-state index contributed by atoms with van der Waals surface area (Å²) in [7, 11) is 1.75. The topological polar surface area (TPSA) is 172 Å². The van der Waals surface area contributed by atoms with Gasteiger partial charge in [-0.1, -0.05) is 6.07 Å². The fourth-order valence-electron chi connectivity index (χ4n) is 11.6. The molecule has 66 heavy (non-hydrogen) atoms. The Kier molecular flexibility index (Phi) is 11.4. The Morgan fingerprint density at radius 2 is 1.68 bits per heavy atom. The molecule has 20 heteroatoms. The number of hydrogen-bond donors (Lipinski definition) is 2. The van der Waals surface area contributed by atoms with E-state index >= 15 is 0 Å². The number of hydrogen-bond acceptors (Lipinski definition) is 12. The zero-order chi connectivity index (χ0) is 45.2. The van der Waals surface area contributed by atoms with Crippen molar-refractivity contribution < 1.29 is 27.9 Å².